The van der Waals surface area contributed by atoms with Gasteiger partial charge in [-0.2, -0.15) is 0 Å². The number of ether oxygens (including phenoxy) is 2. The van der Waals surface area contributed by atoms with Crippen LogP contribution in [-0.4, -0.2) is 28.4 Å². The van der Waals surface area contributed by atoms with E-state index < -0.39 is 5.97 Å². The fourth-order valence-electron chi connectivity index (χ4n) is 1.53. The maximum atomic E-state index is 11.4. The van der Waals surface area contributed by atoms with E-state index in [9.17, 15) is 9.59 Å². The smallest absolute Gasteiger partial charge is 0.339 e. The van der Waals surface area contributed by atoms with Gasteiger partial charge in [-0.15, -0.1) is 0 Å². The van der Waals surface area contributed by atoms with E-state index >= 15 is 0 Å². The fourth-order valence-corrected chi connectivity index (χ4v) is 1.53. The molecule has 0 aliphatic heterocycles. The zero-order valence-electron chi connectivity index (χ0n) is 10.0. The Morgan fingerprint density at radius 3 is 2.78 bits per heavy atom. The number of carbonyl (C=O) groups excluding carboxylic acids is 2. The Kier molecular flexibility index (Phi) is 3.27. The normalized spacial score (nSPS) is 10.3. The van der Waals surface area contributed by atoms with Crippen molar-refractivity contribution >= 4 is 17.6 Å². The summed E-state index contributed by atoms with van der Waals surface area (Å²) in [5.74, 6) is -0.769. The quantitative estimate of drug-likeness (QED) is 0.763. The summed E-state index contributed by atoms with van der Waals surface area (Å²) in [6.07, 6.45) is 3.32. The van der Waals surface area contributed by atoms with Gasteiger partial charge in [-0.1, -0.05) is 0 Å². The van der Waals surface area contributed by atoms with E-state index in [1.807, 2.05) is 0 Å². The van der Waals surface area contributed by atoms with E-state index in [0.29, 0.717) is 16.9 Å². The number of aromatic nitrogens is 2. The van der Waals surface area contributed by atoms with E-state index in [2.05, 4.69) is 9.72 Å². The lowest BCUT2D eigenvalue weighted by Gasteiger charge is -1.99. The largest absolute Gasteiger partial charge is 0.465 e. The van der Waals surface area contributed by atoms with Gasteiger partial charge in [-0.05, 0) is 12.1 Å². The fraction of sp³-hybridized carbons (Fsp3) is 0.250. The van der Waals surface area contributed by atoms with Crippen molar-refractivity contribution in [1.29, 1.82) is 0 Å². The van der Waals surface area contributed by atoms with Crippen LogP contribution in [0.3, 0.4) is 0 Å². The summed E-state index contributed by atoms with van der Waals surface area (Å²) in [5, 5.41) is 0. The predicted octanol–water partition coefficient (Wildman–Crippen LogP) is 1.18. The Morgan fingerprint density at radius 2 is 2.11 bits per heavy atom. The van der Waals surface area contributed by atoms with Crippen LogP contribution in [0.2, 0.25) is 0 Å². The number of fused-ring (bicyclic) bond motifs is 1. The molecule has 0 spiro atoms. The third kappa shape index (κ3) is 2.48. The number of esters is 2. The molecule has 0 fully saturated rings. The topological polar surface area (TPSA) is 69.9 Å². The minimum atomic E-state index is -0.410. The lowest BCUT2D eigenvalue weighted by Crippen LogP contribution is -2.02. The van der Waals surface area contributed by atoms with Crippen LogP contribution in [-0.2, 0) is 20.9 Å². The van der Waals surface area contributed by atoms with Gasteiger partial charge in [0.1, 0.15) is 12.3 Å². The first-order chi connectivity index (χ1) is 8.60. The van der Waals surface area contributed by atoms with Crippen LogP contribution in [0.4, 0.5) is 0 Å². The average Bonchev–Trinajstić information content (AvgIpc) is 2.77. The minimum absolute atomic E-state index is 0.116. The number of carbonyl (C=O) groups is 2. The number of hydrogen-bond acceptors (Lipinski definition) is 5. The number of nitrogens with zero attached hydrogens (tertiary/aromatic N) is 2. The number of hydrogen-bond donors (Lipinski definition) is 0. The molecule has 0 unspecified atom stereocenters. The molecule has 2 aromatic rings. The summed E-state index contributed by atoms with van der Waals surface area (Å²) in [4.78, 5) is 26.3. The molecule has 0 aliphatic rings. The molecule has 2 aromatic heterocycles. The summed E-state index contributed by atoms with van der Waals surface area (Å²) in [7, 11) is 1.33. The Balaban J connectivity index is 2.28. The maximum Gasteiger partial charge on any atom is 0.339 e. The summed E-state index contributed by atoms with van der Waals surface area (Å²) in [6, 6.07) is 3.33. The molecule has 0 atom stereocenters. The molecule has 0 N–H and O–H groups in total. The van der Waals surface area contributed by atoms with Gasteiger partial charge in [0.25, 0.3) is 0 Å². The van der Waals surface area contributed by atoms with Gasteiger partial charge in [-0.25, -0.2) is 9.78 Å². The molecular weight excluding hydrogens is 236 g/mol. The second-order valence-electron chi connectivity index (χ2n) is 3.69. The van der Waals surface area contributed by atoms with E-state index in [1.165, 1.54) is 14.0 Å². The highest BCUT2D eigenvalue weighted by Gasteiger charge is 2.08. The number of rotatable bonds is 3. The van der Waals surface area contributed by atoms with E-state index in [4.69, 9.17) is 4.74 Å². The maximum absolute atomic E-state index is 11.4. The first-order valence-corrected chi connectivity index (χ1v) is 5.29. The van der Waals surface area contributed by atoms with Gasteiger partial charge >= 0.3 is 11.9 Å². The van der Waals surface area contributed by atoms with Crippen LogP contribution in [0.15, 0.2) is 24.5 Å². The molecule has 6 heteroatoms. The molecule has 0 saturated heterocycles. The molecular formula is C12H12N2O4. The summed E-state index contributed by atoms with van der Waals surface area (Å²) < 4.78 is 11.2. The lowest BCUT2D eigenvalue weighted by molar-refractivity contribution is -0.142. The Bertz CT molecular complexity index is 603. The van der Waals surface area contributed by atoms with Crippen molar-refractivity contribution in [3.63, 3.8) is 0 Å². The molecule has 94 valence electrons. The van der Waals surface area contributed by atoms with Gasteiger partial charge in [0.05, 0.1) is 18.4 Å². The highest BCUT2D eigenvalue weighted by Crippen LogP contribution is 2.09. The van der Waals surface area contributed by atoms with E-state index in [-0.39, 0.29) is 12.6 Å². The SMILES string of the molecule is COC(=O)c1ccc2nc(COC(C)=O)cn2c1. The van der Waals surface area contributed by atoms with Crippen LogP contribution in [0, 0.1) is 0 Å². The molecule has 0 amide bonds. The van der Waals surface area contributed by atoms with Crippen LogP contribution < -0.4 is 0 Å². The van der Waals surface area contributed by atoms with Crippen LogP contribution in [0.25, 0.3) is 5.65 Å². The number of imidazole rings is 1. The first kappa shape index (κ1) is 12.1. The van der Waals surface area contributed by atoms with Gasteiger partial charge in [-0.3, -0.25) is 4.79 Å². The molecule has 2 rings (SSSR count). The molecule has 18 heavy (non-hydrogen) atoms. The second-order valence-corrected chi connectivity index (χ2v) is 3.69. The van der Waals surface area contributed by atoms with Gasteiger partial charge < -0.3 is 13.9 Å². The van der Waals surface area contributed by atoms with Crippen LogP contribution in [0.1, 0.15) is 23.0 Å². The summed E-state index contributed by atoms with van der Waals surface area (Å²) >= 11 is 0. The summed E-state index contributed by atoms with van der Waals surface area (Å²) in [5.41, 5.74) is 1.72. The summed E-state index contributed by atoms with van der Waals surface area (Å²) in [6.45, 7) is 1.45. The predicted molar refractivity (Wildman–Crippen MR) is 62.0 cm³/mol. The zero-order chi connectivity index (χ0) is 13.1. The highest BCUT2D eigenvalue weighted by molar-refractivity contribution is 5.89. The first-order valence-electron chi connectivity index (χ1n) is 5.29. The molecule has 6 nitrogen and oxygen atoms in total. The number of pyridine rings is 1. The van der Waals surface area contributed by atoms with Crippen LogP contribution in [0.5, 0.6) is 0 Å². The molecule has 0 saturated carbocycles. The van der Waals surface area contributed by atoms with Crippen molar-refractivity contribution in [3.05, 3.63) is 35.8 Å². The third-order valence-electron chi connectivity index (χ3n) is 2.35. The van der Waals surface area contributed by atoms with Crippen molar-refractivity contribution in [2.75, 3.05) is 7.11 Å². The Hall–Kier alpha value is -2.37. The Labute approximate surface area is 103 Å². The zero-order valence-corrected chi connectivity index (χ0v) is 10.0. The third-order valence-corrected chi connectivity index (χ3v) is 2.35. The second kappa shape index (κ2) is 4.87. The molecule has 2 heterocycles. The van der Waals surface area contributed by atoms with Gasteiger partial charge in [0, 0.05) is 19.3 Å². The monoisotopic (exact) mass is 248 g/mol. The van der Waals surface area contributed by atoms with Crippen molar-refractivity contribution in [1.82, 2.24) is 9.38 Å². The van der Waals surface area contributed by atoms with Crippen molar-refractivity contribution in [2.24, 2.45) is 0 Å². The average molecular weight is 248 g/mol. The molecule has 0 bridgehead atoms. The van der Waals surface area contributed by atoms with Crippen molar-refractivity contribution < 1.29 is 19.1 Å². The van der Waals surface area contributed by atoms with Crippen molar-refractivity contribution in [3.8, 4) is 0 Å². The Morgan fingerprint density at radius 1 is 1.33 bits per heavy atom. The minimum Gasteiger partial charge on any atom is -0.465 e. The lowest BCUT2D eigenvalue weighted by atomic mass is 10.3. The molecule has 0 aromatic carbocycles. The van der Waals surface area contributed by atoms with E-state index in [1.54, 1.807) is 28.9 Å². The number of methoxy groups -OCH3 is 1. The highest BCUT2D eigenvalue weighted by atomic mass is 16.5. The van der Waals surface area contributed by atoms with E-state index in [0.717, 1.165) is 0 Å². The standard InChI is InChI=1S/C12H12N2O4/c1-8(15)18-7-10-6-14-5-9(12(16)17-2)3-4-11(14)13-10/h3-6H,7H2,1-2H3. The van der Waals surface area contributed by atoms with Crippen molar-refractivity contribution in [2.45, 2.75) is 13.5 Å². The van der Waals surface area contributed by atoms with Gasteiger partial charge in [0.2, 0.25) is 0 Å². The van der Waals surface area contributed by atoms with Gasteiger partial charge in [0.15, 0.2) is 0 Å². The molecule has 0 aliphatic carbocycles. The molecule has 0 radical (unpaired) electrons. The van der Waals surface area contributed by atoms with Crippen LogP contribution >= 0.6 is 0 Å².